The summed E-state index contributed by atoms with van der Waals surface area (Å²) >= 11 is 0. The van der Waals surface area contributed by atoms with Crippen molar-refractivity contribution in [1.82, 2.24) is 4.98 Å². The van der Waals surface area contributed by atoms with Gasteiger partial charge in [0.05, 0.1) is 0 Å². The maximum Gasteiger partial charge on any atom is 0.123 e. The summed E-state index contributed by atoms with van der Waals surface area (Å²) in [5.74, 6) is 0.598. The van der Waals surface area contributed by atoms with E-state index in [0.717, 1.165) is 18.5 Å². The molecule has 0 spiro atoms. The molecule has 0 saturated heterocycles. The van der Waals surface area contributed by atoms with Gasteiger partial charge in [0.1, 0.15) is 5.82 Å². The van der Waals surface area contributed by atoms with Gasteiger partial charge < -0.3 is 5.73 Å². The molecule has 16 heavy (non-hydrogen) atoms. The van der Waals surface area contributed by atoms with E-state index in [1.54, 1.807) is 0 Å². The van der Waals surface area contributed by atoms with Crippen molar-refractivity contribution >= 4 is 5.82 Å². The number of anilines is 1. The van der Waals surface area contributed by atoms with Crippen molar-refractivity contribution in [2.75, 3.05) is 5.73 Å². The predicted octanol–water partition coefficient (Wildman–Crippen LogP) is 2.76. The van der Waals surface area contributed by atoms with Crippen LogP contribution >= 0.6 is 0 Å². The van der Waals surface area contributed by atoms with Gasteiger partial charge >= 0.3 is 0 Å². The fraction of sp³-hybridized carbons (Fsp3) is 0.214. The van der Waals surface area contributed by atoms with Crippen LogP contribution in [-0.4, -0.2) is 4.98 Å². The highest BCUT2D eigenvalue weighted by atomic mass is 14.8. The van der Waals surface area contributed by atoms with Gasteiger partial charge in [-0.25, -0.2) is 4.98 Å². The van der Waals surface area contributed by atoms with Crippen molar-refractivity contribution in [1.29, 1.82) is 0 Å². The monoisotopic (exact) mass is 212 g/mol. The highest BCUT2D eigenvalue weighted by molar-refractivity contribution is 5.34. The van der Waals surface area contributed by atoms with E-state index in [-0.39, 0.29) is 0 Å². The number of benzene rings is 1. The van der Waals surface area contributed by atoms with E-state index in [1.807, 2.05) is 19.1 Å². The molecule has 2 N–H and O–H groups in total. The molecule has 0 aliphatic rings. The van der Waals surface area contributed by atoms with Crippen LogP contribution in [0.25, 0.3) is 0 Å². The summed E-state index contributed by atoms with van der Waals surface area (Å²) in [5, 5.41) is 0. The Morgan fingerprint density at radius 2 is 1.75 bits per heavy atom. The van der Waals surface area contributed by atoms with Crippen molar-refractivity contribution in [2.24, 2.45) is 0 Å². The quantitative estimate of drug-likeness (QED) is 0.849. The Morgan fingerprint density at radius 3 is 2.44 bits per heavy atom. The van der Waals surface area contributed by atoms with Crippen LogP contribution in [0, 0.1) is 6.92 Å². The largest absolute Gasteiger partial charge is 0.384 e. The molecular weight excluding hydrogens is 196 g/mol. The Kier molecular flexibility index (Phi) is 3.20. The Labute approximate surface area is 96.1 Å². The smallest absolute Gasteiger partial charge is 0.123 e. The molecule has 0 saturated carbocycles. The molecule has 0 amide bonds. The zero-order chi connectivity index (χ0) is 11.4. The molecule has 2 heteroatoms. The van der Waals surface area contributed by atoms with Gasteiger partial charge in [-0.3, -0.25) is 0 Å². The molecule has 0 bridgehead atoms. The summed E-state index contributed by atoms with van der Waals surface area (Å²) in [4.78, 5) is 4.26. The standard InChI is InChI=1S/C14H16N2/c1-11-13(9-10-14(15)16-11)8-7-12-5-3-2-4-6-12/h2-6,9-10H,7-8H2,1H3,(H2,15,16). The Balaban J connectivity index is 2.05. The van der Waals surface area contributed by atoms with Gasteiger partial charge in [-0.05, 0) is 37.0 Å². The number of aromatic nitrogens is 1. The second-order valence-corrected chi connectivity index (χ2v) is 3.97. The van der Waals surface area contributed by atoms with Crippen LogP contribution in [0.4, 0.5) is 5.82 Å². The third kappa shape index (κ3) is 2.60. The van der Waals surface area contributed by atoms with Crippen LogP contribution in [0.1, 0.15) is 16.8 Å². The van der Waals surface area contributed by atoms with E-state index in [0.29, 0.717) is 5.82 Å². The molecule has 0 aliphatic heterocycles. The number of nitrogen functional groups attached to an aromatic ring is 1. The van der Waals surface area contributed by atoms with E-state index in [2.05, 4.69) is 35.3 Å². The minimum atomic E-state index is 0.598. The zero-order valence-corrected chi connectivity index (χ0v) is 9.48. The maximum atomic E-state index is 5.62. The van der Waals surface area contributed by atoms with Gasteiger partial charge in [-0.2, -0.15) is 0 Å². The first-order valence-electron chi connectivity index (χ1n) is 5.51. The SMILES string of the molecule is Cc1nc(N)ccc1CCc1ccccc1. The molecular formula is C14H16N2. The van der Waals surface area contributed by atoms with Crippen LogP contribution in [0.2, 0.25) is 0 Å². The first-order valence-corrected chi connectivity index (χ1v) is 5.51. The number of hydrogen-bond donors (Lipinski definition) is 1. The predicted molar refractivity (Wildman–Crippen MR) is 67.2 cm³/mol. The highest BCUT2D eigenvalue weighted by Gasteiger charge is 2.00. The Hall–Kier alpha value is -1.83. The van der Waals surface area contributed by atoms with Crippen molar-refractivity contribution < 1.29 is 0 Å². The molecule has 0 fully saturated rings. The lowest BCUT2D eigenvalue weighted by atomic mass is 10.0. The van der Waals surface area contributed by atoms with Gasteiger partial charge in [0.15, 0.2) is 0 Å². The lowest BCUT2D eigenvalue weighted by Gasteiger charge is -2.05. The average molecular weight is 212 g/mol. The van der Waals surface area contributed by atoms with Gasteiger partial charge in [0, 0.05) is 5.69 Å². The zero-order valence-electron chi connectivity index (χ0n) is 9.48. The summed E-state index contributed by atoms with van der Waals surface area (Å²) in [5.41, 5.74) is 9.30. The minimum absolute atomic E-state index is 0.598. The second-order valence-electron chi connectivity index (χ2n) is 3.97. The lowest BCUT2D eigenvalue weighted by molar-refractivity contribution is 0.932. The molecule has 2 rings (SSSR count). The lowest BCUT2D eigenvalue weighted by Crippen LogP contribution is -1.99. The van der Waals surface area contributed by atoms with Gasteiger partial charge in [-0.1, -0.05) is 36.4 Å². The molecule has 0 atom stereocenters. The number of pyridine rings is 1. The number of nitrogens with zero attached hydrogens (tertiary/aromatic N) is 1. The molecule has 0 aliphatic carbocycles. The highest BCUT2D eigenvalue weighted by Crippen LogP contribution is 2.11. The third-order valence-corrected chi connectivity index (χ3v) is 2.74. The Morgan fingerprint density at radius 1 is 1.00 bits per heavy atom. The topological polar surface area (TPSA) is 38.9 Å². The van der Waals surface area contributed by atoms with Crippen molar-refractivity contribution in [2.45, 2.75) is 19.8 Å². The molecule has 1 aromatic heterocycles. The Bertz CT molecular complexity index is 463. The molecule has 0 unspecified atom stereocenters. The van der Waals surface area contributed by atoms with Crippen LogP contribution in [0.5, 0.6) is 0 Å². The molecule has 0 radical (unpaired) electrons. The van der Waals surface area contributed by atoms with Crippen molar-refractivity contribution in [3.63, 3.8) is 0 Å². The maximum absolute atomic E-state index is 5.62. The summed E-state index contributed by atoms with van der Waals surface area (Å²) < 4.78 is 0. The molecule has 2 aromatic rings. The first kappa shape index (κ1) is 10.7. The number of rotatable bonds is 3. The minimum Gasteiger partial charge on any atom is -0.384 e. The summed E-state index contributed by atoms with van der Waals surface area (Å²) in [6.45, 7) is 2.01. The molecule has 2 nitrogen and oxygen atoms in total. The average Bonchev–Trinajstić information content (AvgIpc) is 2.29. The summed E-state index contributed by atoms with van der Waals surface area (Å²) in [6, 6.07) is 14.4. The van der Waals surface area contributed by atoms with Gasteiger partial charge in [-0.15, -0.1) is 0 Å². The fourth-order valence-electron chi connectivity index (χ4n) is 1.80. The first-order chi connectivity index (χ1) is 7.75. The van der Waals surface area contributed by atoms with Crippen LogP contribution in [0.3, 0.4) is 0 Å². The van der Waals surface area contributed by atoms with E-state index in [1.165, 1.54) is 11.1 Å². The normalized spacial score (nSPS) is 10.3. The van der Waals surface area contributed by atoms with Crippen molar-refractivity contribution in [3.8, 4) is 0 Å². The molecule has 1 heterocycles. The molecule has 82 valence electrons. The summed E-state index contributed by atoms with van der Waals surface area (Å²) in [6.07, 6.45) is 2.07. The van der Waals surface area contributed by atoms with Gasteiger partial charge in [0.2, 0.25) is 0 Å². The summed E-state index contributed by atoms with van der Waals surface area (Å²) in [7, 11) is 0. The number of nitrogens with two attached hydrogens (primary N) is 1. The van der Waals surface area contributed by atoms with Gasteiger partial charge in [0.25, 0.3) is 0 Å². The number of hydrogen-bond acceptors (Lipinski definition) is 2. The van der Waals surface area contributed by atoms with E-state index < -0.39 is 0 Å². The number of aryl methyl sites for hydroxylation is 3. The van der Waals surface area contributed by atoms with E-state index >= 15 is 0 Å². The van der Waals surface area contributed by atoms with Crippen LogP contribution in [-0.2, 0) is 12.8 Å². The second kappa shape index (κ2) is 4.79. The van der Waals surface area contributed by atoms with Crippen molar-refractivity contribution in [3.05, 3.63) is 59.3 Å². The van der Waals surface area contributed by atoms with Crippen LogP contribution in [0.15, 0.2) is 42.5 Å². The molecule has 1 aromatic carbocycles. The van der Waals surface area contributed by atoms with E-state index in [4.69, 9.17) is 5.73 Å². The van der Waals surface area contributed by atoms with Crippen LogP contribution < -0.4 is 5.73 Å². The third-order valence-electron chi connectivity index (χ3n) is 2.74. The fourth-order valence-corrected chi connectivity index (χ4v) is 1.80. The van der Waals surface area contributed by atoms with E-state index in [9.17, 15) is 0 Å².